The zero-order valence-corrected chi connectivity index (χ0v) is 17.8. The van der Waals surface area contributed by atoms with E-state index in [4.69, 9.17) is 4.74 Å². The van der Waals surface area contributed by atoms with Crippen LogP contribution in [0.4, 0.5) is 0 Å². The Bertz CT molecular complexity index is 451. The lowest BCUT2D eigenvalue weighted by molar-refractivity contribution is -0.148. The monoisotopic (exact) mass is 380 g/mol. The second-order valence-corrected chi connectivity index (χ2v) is 7.55. The third kappa shape index (κ3) is 13.5. The average molecular weight is 381 g/mol. The summed E-state index contributed by atoms with van der Waals surface area (Å²) in [5.74, 6) is 0.0682. The van der Waals surface area contributed by atoms with Crippen molar-refractivity contribution >= 4 is 12.1 Å². The number of unbranched alkanes of at least 4 members (excludes halogenated alkanes) is 1. The molecule has 0 aliphatic rings. The molecule has 1 N–H and O–H groups in total. The molecule has 0 bridgehead atoms. The van der Waals surface area contributed by atoms with Crippen molar-refractivity contribution in [3.63, 3.8) is 0 Å². The molecule has 0 fully saturated rings. The van der Waals surface area contributed by atoms with Gasteiger partial charge in [-0.3, -0.25) is 4.79 Å². The molecule has 4 heteroatoms. The number of Topliss-reactive ketones (excluding diaryl/α,β-unsaturated/α-hetero) is 1. The van der Waals surface area contributed by atoms with E-state index in [1.807, 2.05) is 26.0 Å². The van der Waals surface area contributed by atoms with E-state index in [0.29, 0.717) is 32.1 Å². The van der Waals surface area contributed by atoms with E-state index in [1.165, 1.54) is 0 Å². The number of rotatable bonds is 17. The third-order valence-corrected chi connectivity index (χ3v) is 4.53. The highest BCUT2D eigenvalue weighted by Crippen LogP contribution is 2.22. The predicted molar refractivity (Wildman–Crippen MR) is 112 cm³/mol. The molecule has 0 aromatic rings. The van der Waals surface area contributed by atoms with Crippen molar-refractivity contribution in [2.75, 3.05) is 0 Å². The minimum atomic E-state index is -0.848. The standard InChI is InChI=1S/C23H40O4/c1-5-7-9-14-20(25)15-13-18-22(26)23(3,4)27-21(16-10-8-6-2)17-11-12-19-24/h7-10,19-21,25H,5-6,11-18H2,1-4H3/b9-7-,10-8-. The van der Waals surface area contributed by atoms with Crippen molar-refractivity contribution in [2.24, 2.45) is 0 Å². The maximum Gasteiger partial charge on any atom is 0.164 e. The number of carbonyl (C=O) groups excluding carboxylic acids is 2. The number of aliphatic hydroxyl groups is 1. The molecular formula is C23H40O4. The average Bonchev–Trinajstić information content (AvgIpc) is 2.61. The van der Waals surface area contributed by atoms with Crippen LogP contribution in [0.25, 0.3) is 0 Å². The first-order valence-corrected chi connectivity index (χ1v) is 10.5. The fraction of sp³-hybridized carbons (Fsp3) is 0.739. The highest BCUT2D eigenvalue weighted by atomic mass is 16.5. The van der Waals surface area contributed by atoms with Gasteiger partial charge in [-0.1, -0.05) is 38.2 Å². The lowest BCUT2D eigenvalue weighted by atomic mass is 9.96. The molecular weight excluding hydrogens is 340 g/mol. The quantitative estimate of drug-likeness (QED) is 0.210. The molecule has 0 spiro atoms. The summed E-state index contributed by atoms with van der Waals surface area (Å²) in [6.07, 6.45) is 15.8. The molecule has 0 saturated heterocycles. The molecule has 2 atom stereocenters. The summed E-state index contributed by atoms with van der Waals surface area (Å²) in [7, 11) is 0. The van der Waals surface area contributed by atoms with E-state index < -0.39 is 5.60 Å². The largest absolute Gasteiger partial charge is 0.393 e. The molecule has 2 unspecified atom stereocenters. The van der Waals surface area contributed by atoms with Crippen LogP contribution < -0.4 is 0 Å². The van der Waals surface area contributed by atoms with E-state index in [1.54, 1.807) is 0 Å². The van der Waals surface area contributed by atoms with Crippen LogP contribution >= 0.6 is 0 Å². The van der Waals surface area contributed by atoms with Gasteiger partial charge in [0, 0.05) is 12.8 Å². The zero-order valence-electron chi connectivity index (χ0n) is 17.8. The highest BCUT2D eigenvalue weighted by Gasteiger charge is 2.30. The maximum absolute atomic E-state index is 12.6. The van der Waals surface area contributed by atoms with Crippen molar-refractivity contribution in [3.05, 3.63) is 24.3 Å². The molecule has 0 aromatic carbocycles. The Balaban J connectivity index is 4.48. The molecule has 0 rings (SSSR count). The Morgan fingerprint density at radius 1 is 1.00 bits per heavy atom. The molecule has 0 aromatic heterocycles. The Kier molecular flexibility index (Phi) is 15.0. The Labute approximate surface area is 166 Å². The van der Waals surface area contributed by atoms with Crippen LogP contribution in [0.1, 0.15) is 91.9 Å². The Hall–Kier alpha value is -1.26. The molecule has 27 heavy (non-hydrogen) atoms. The van der Waals surface area contributed by atoms with Crippen LogP contribution in [0.2, 0.25) is 0 Å². The summed E-state index contributed by atoms with van der Waals surface area (Å²) in [6.45, 7) is 7.80. The molecule has 0 amide bonds. The summed E-state index contributed by atoms with van der Waals surface area (Å²) < 4.78 is 6.14. The van der Waals surface area contributed by atoms with Crippen LogP contribution in [-0.2, 0) is 14.3 Å². The summed E-state index contributed by atoms with van der Waals surface area (Å²) in [6, 6.07) is 0. The number of aldehydes is 1. The second kappa shape index (κ2) is 15.8. The molecule has 4 nitrogen and oxygen atoms in total. The Morgan fingerprint density at radius 3 is 2.22 bits per heavy atom. The first-order chi connectivity index (χ1) is 12.9. The lowest BCUT2D eigenvalue weighted by Gasteiger charge is -2.29. The first kappa shape index (κ1) is 25.7. The number of allylic oxidation sites excluding steroid dienone is 2. The number of hydrogen-bond acceptors (Lipinski definition) is 4. The number of aliphatic hydroxyl groups excluding tert-OH is 1. The SMILES string of the molecule is CC/C=C\CC(O)CCCC(=O)C(C)(C)OC(C/C=C\CC)CCCC=O. The summed E-state index contributed by atoms with van der Waals surface area (Å²) in [5, 5.41) is 9.95. The minimum Gasteiger partial charge on any atom is -0.393 e. The van der Waals surface area contributed by atoms with Gasteiger partial charge in [0.1, 0.15) is 11.9 Å². The Morgan fingerprint density at radius 2 is 1.63 bits per heavy atom. The topological polar surface area (TPSA) is 63.6 Å². The number of ketones is 1. The zero-order chi connectivity index (χ0) is 20.5. The minimum absolute atomic E-state index is 0.0588. The summed E-state index contributed by atoms with van der Waals surface area (Å²) >= 11 is 0. The first-order valence-electron chi connectivity index (χ1n) is 10.5. The molecule has 0 heterocycles. The van der Waals surface area contributed by atoms with Crippen LogP contribution in [-0.4, -0.2) is 35.0 Å². The van der Waals surface area contributed by atoms with E-state index in [2.05, 4.69) is 26.0 Å². The highest BCUT2D eigenvalue weighted by molar-refractivity contribution is 5.86. The van der Waals surface area contributed by atoms with E-state index in [0.717, 1.165) is 38.4 Å². The molecule has 0 saturated carbocycles. The van der Waals surface area contributed by atoms with Crippen LogP contribution in [0.3, 0.4) is 0 Å². The van der Waals surface area contributed by atoms with Crippen molar-refractivity contribution < 1.29 is 19.4 Å². The van der Waals surface area contributed by atoms with Crippen molar-refractivity contribution in [1.29, 1.82) is 0 Å². The second-order valence-electron chi connectivity index (χ2n) is 7.55. The van der Waals surface area contributed by atoms with E-state index in [9.17, 15) is 14.7 Å². The van der Waals surface area contributed by atoms with Gasteiger partial charge in [0.15, 0.2) is 5.78 Å². The van der Waals surface area contributed by atoms with Gasteiger partial charge in [0.05, 0.1) is 12.2 Å². The van der Waals surface area contributed by atoms with Gasteiger partial charge in [0.2, 0.25) is 0 Å². The fourth-order valence-electron chi connectivity index (χ4n) is 2.89. The van der Waals surface area contributed by atoms with Gasteiger partial charge in [-0.05, 0) is 65.2 Å². The normalized spacial score (nSPS) is 14.7. The third-order valence-electron chi connectivity index (χ3n) is 4.53. The number of carbonyl (C=O) groups is 2. The van der Waals surface area contributed by atoms with Gasteiger partial charge in [-0.2, -0.15) is 0 Å². The smallest absolute Gasteiger partial charge is 0.164 e. The van der Waals surface area contributed by atoms with E-state index >= 15 is 0 Å². The summed E-state index contributed by atoms with van der Waals surface area (Å²) in [4.78, 5) is 23.2. The van der Waals surface area contributed by atoms with Gasteiger partial charge in [0.25, 0.3) is 0 Å². The van der Waals surface area contributed by atoms with E-state index in [-0.39, 0.29) is 18.0 Å². The van der Waals surface area contributed by atoms with Crippen molar-refractivity contribution in [3.8, 4) is 0 Å². The number of ether oxygens (including phenoxy) is 1. The lowest BCUT2D eigenvalue weighted by Crippen LogP contribution is -2.38. The molecule has 0 aliphatic carbocycles. The fourth-order valence-corrected chi connectivity index (χ4v) is 2.89. The molecule has 156 valence electrons. The van der Waals surface area contributed by atoms with Gasteiger partial charge >= 0.3 is 0 Å². The maximum atomic E-state index is 12.6. The summed E-state index contributed by atoms with van der Waals surface area (Å²) in [5.41, 5.74) is -0.848. The van der Waals surface area contributed by atoms with Crippen LogP contribution in [0, 0.1) is 0 Å². The molecule has 0 aliphatic heterocycles. The van der Waals surface area contributed by atoms with Crippen molar-refractivity contribution in [2.45, 2.75) is 110 Å². The van der Waals surface area contributed by atoms with Gasteiger partial charge in [-0.25, -0.2) is 0 Å². The van der Waals surface area contributed by atoms with Gasteiger partial charge < -0.3 is 14.6 Å². The van der Waals surface area contributed by atoms with Gasteiger partial charge in [-0.15, -0.1) is 0 Å². The molecule has 0 radical (unpaired) electrons. The number of hydrogen-bond donors (Lipinski definition) is 1. The van der Waals surface area contributed by atoms with Crippen LogP contribution in [0.15, 0.2) is 24.3 Å². The predicted octanol–water partition coefficient (Wildman–Crippen LogP) is 5.33. The van der Waals surface area contributed by atoms with Crippen molar-refractivity contribution in [1.82, 2.24) is 0 Å². The van der Waals surface area contributed by atoms with Crippen LogP contribution in [0.5, 0.6) is 0 Å².